The zero-order chi connectivity index (χ0) is 29.4. The Kier molecular flexibility index (Phi) is 14.8. The van der Waals surface area contributed by atoms with E-state index in [9.17, 15) is 18.7 Å². The average Bonchev–Trinajstić information content (AvgIpc) is 2.91. The van der Waals surface area contributed by atoms with E-state index in [-0.39, 0.29) is 12.3 Å². The second-order valence-corrected chi connectivity index (χ2v) is 13.6. The first-order valence-corrected chi connectivity index (χ1v) is 17.3. The van der Waals surface area contributed by atoms with Crippen LogP contribution in [0.3, 0.4) is 0 Å². The normalized spacial score (nSPS) is 11.8. The molecule has 0 radical (unpaired) electrons. The zero-order valence-corrected chi connectivity index (χ0v) is 24.7. The van der Waals surface area contributed by atoms with E-state index in [4.69, 9.17) is 19.6 Å². The van der Waals surface area contributed by atoms with Crippen LogP contribution in [0, 0.1) is 0 Å². The lowest BCUT2D eigenvalue weighted by Crippen LogP contribution is -2.22. The monoisotopic (exact) mass is 596 g/mol. The van der Waals surface area contributed by atoms with Crippen LogP contribution in [0.25, 0.3) is 0 Å². The first kappa shape index (κ1) is 33.9. The molecular formula is C28H42N2O8P2. The summed E-state index contributed by atoms with van der Waals surface area (Å²) in [4.78, 5) is 62.4. The summed E-state index contributed by atoms with van der Waals surface area (Å²) in [6.07, 6.45) is 10.1. The third-order valence-electron chi connectivity index (χ3n) is 6.72. The highest BCUT2D eigenvalue weighted by Gasteiger charge is 2.14. The Morgan fingerprint density at radius 2 is 0.825 bits per heavy atom. The lowest BCUT2D eigenvalue weighted by Gasteiger charge is -2.18. The predicted octanol–water partition coefficient (Wildman–Crippen LogP) is 4.87. The SMILES string of the molecule is O=CN(CCCCCCCCCCN(C=O)c1ccc(CCP(=O)(O)O)cc1)c1ccc(CCP(=O)(O)O)cc1. The molecule has 4 N–H and O–H groups in total. The van der Waals surface area contributed by atoms with Crippen LogP contribution in [-0.2, 0) is 31.6 Å². The molecule has 2 amide bonds. The minimum Gasteiger partial charge on any atom is -0.324 e. The number of rotatable bonds is 21. The fourth-order valence-corrected chi connectivity index (χ4v) is 5.47. The summed E-state index contributed by atoms with van der Waals surface area (Å²) in [5.41, 5.74) is 3.19. The van der Waals surface area contributed by atoms with Gasteiger partial charge < -0.3 is 29.4 Å². The standard InChI is InChI=1S/C28H42N2O8P2/c31-23-29(27-13-9-25(10-14-27)17-21-39(33,34)35)19-7-5-3-1-2-4-6-8-20-30(24-32)28-15-11-26(12-16-28)18-22-40(36,37)38/h9-16,23-24H,1-8,17-22H2,(H2,33,34,35)(H2,36,37,38). The number of unbranched alkanes of at least 4 members (excludes halogenated alkanes) is 7. The molecular weight excluding hydrogens is 554 g/mol. The van der Waals surface area contributed by atoms with E-state index in [1.807, 2.05) is 0 Å². The molecule has 0 bridgehead atoms. The fraction of sp³-hybridized carbons (Fsp3) is 0.500. The summed E-state index contributed by atoms with van der Waals surface area (Å²) < 4.78 is 22.1. The maximum atomic E-state index is 11.5. The molecule has 0 aliphatic heterocycles. The molecule has 0 aliphatic carbocycles. The van der Waals surface area contributed by atoms with Crippen molar-refractivity contribution in [3.05, 3.63) is 59.7 Å². The maximum absolute atomic E-state index is 11.5. The van der Waals surface area contributed by atoms with Crippen LogP contribution in [0.15, 0.2) is 48.5 Å². The lowest BCUT2D eigenvalue weighted by atomic mass is 10.1. The smallest absolute Gasteiger partial charge is 0.324 e. The van der Waals surface area contributed by atoms with Crippen molar-refractivity contribution in [3.63, 3.8) is 0 Å². The van der Waals surface area contributed by atoms with Crippen molar-refractivity contribution >= 4 is 39.4 Å². The Balaban J connectivity index is 1.56. The minimum absolute atomic E-state index is 0.192. The van der Waals surface area contributed by atoms with Crippen molar-refractivity contribution < 1.29 is 38.3 Å². The number of hydrogen-bond acceptors (Lipinski definition) is 4. The Morgan fingerprint density at radius 3 is 1.10 bits per heavy atom. The molecule has 2 aromatic rings. The van der Waals surface area contributed by atoms with Gasteiger partial charge in [-0.05, 0) is 61.1 Å². The van der Waals surface area contributed by atoms with Crippen LogP contribution in [0.1, 0.15) is 62.5 Å². The Labute approximate surface area is 236 Å². The second-order valence-electron chi connectivity index (χ2n) is 10.0. The quantitative estimate of drug-likeness (QED) is 0.0904. The molecule has 0 heterocycles. The van der Waals surface area contributed by atoms with Crippen molar-refractivity contribution in [2.24, 2.45) is 0 Å². The number of anilines is 2. The Morgan fingerprint density at radius 1 is 0.525 bits per heavy atom. The first-order valence-electron chi connectivity index (χ1n) is 13.7. The fourth-order valence-electron chi connectivity index (χ4n) is 4.37. The number of amides is 2. The maximum Gasteiger partial charge on any atom is 0.325 e. The van der Waals surface area contributed by atoms with Gasteiger partial charge in [0.05, 0.1) is 12.3 Å². The van der Waals surface area contributed by atoms with Crippen molar-refractivity contribution in [3.8, 4) is 0 Å². The van der Waals surface area contributed by atoms with Crippen LogP contribution in [0.5, 0.6) is 0 Å². The Hall–Kier alpha value is -2.32. The van der Waals surface area contributed by atoms with Gasteiger partial charge in [0.2, 0.25) is 12.8 Å². The molecule has 0 unspecified atom stereocenters. The van der Waals surface area contributed by atoms with Gasteiger partial charge in [0, 0.05) is 24.5 Å². The molecule has 2 rings (SSSR count). The highest BCUT2D eigenvalue weighted by atomic mass is 31.2. The van der Waals surface area contributed by atoms with Gasteiger partial charge in [-0.25, -0.2) is 0 Å². The number of carbonyl (C=O) groups is 2. The summed E-state index contributed by atoms with van der Waals surface area (Å²) in [5, 5.41) is 0. The van der Waals surface area contributed by atoms with E-state index in [0.29, 0.717) is 25.9 Å². The third-order valence-corrected chi connectivity index (χ3v) is 8.33. The van der Waals surface area contributed by atoms with Crippen LogP contribution in [0.4, 0.5) is 11.4 Å². The highest BCUT2D eigenvalue weighted by Crippen LogP contribution is 2.35. The summed E-state index contributed by atoms with van der Waals surface area (Å²) in [5.74, 6) is 0. The Bertz CT molecular complexity index is 1030. The van der Waals surface area contributed by atoms with E-state index in [2.05, 4.69) is 0 Å². The van der Waals surface area contributed by atoms with Crippen LogP contribution in [0.2, 0.25) is 0 Å². The molecule has 0 spiro atoms. The number of hydrogen-bond donors (Lipinski definition) is 4. The van der Waals surface area contributed by atoms with E-state index < -0.39 is 15.2 Å². The third kappa shape index (κ3) is 14.4. The van der Waals surface area contributed by atoms with Crippen LogP contribution >= 0.6 is 15.2 Å². The van der Waals surface area contributed by atoms with Crippen molar-refractivity contribution in [1.29, 1.82) is 0 Å². The van der Waals surface area contributed by atoms with E-state index >= 15 is 0 Å². The van der Waals surface area contributed by atoms with Gasteiger partial charge >= 0.3 is 15.2 Å². The number of carbonyl (C=O) groups excluding carboxylic acids is 2. The molecule has 0 saturated carbocycles. The van der Waals surface area contributed by atoms with Gasteiger partial charge in [0.15, 0.2) is 0 Å². The molecule has 40 heavy (non-hydrogen) atoms. The molecule has 12 heteroatoms. The molecule has 10 nitrogen and oxygen atoms in total. The summed E-state index contributed by atoms with van der Waals surface area (Å²) in [6, 6.07) is 14.4. The second kappa shape index (κ2) is 17.5. The van der Waals surface area contributed by atoms with E-state index in [1.165, 1.54) is 0 Å². The van der Waals surface area contributed by atoms with Crippen molar-refractivity contribution in [2.45, 2.75) is 64.2 Å². The molecule has 222 valence electrons. The largest absolute Gasteiger partial charge is 0.325 e. The predicted molar refractivity (Wildman–Crippen MR) is 158 cm³/mol. The van der Waals surface area contributed by atoms with Gasteiger partial charge in [0.1, 0.15) is 0 Å². The van der Waals surface area contributed by atoms with Crippen molar-refractivity contribution in [1.82, 2.24) is 0 Å². The summed E-state index contributed by atoms with van der Waals surface area (Å²) >= 11 is 0. The zero-order valence-electron chi connectivity index (χ0n) is 22.9. The summed E-state index contributed by atoms with van der Waals surface area (Å²) in [7, 11) is -8.05. The van der Waals surface area contributed by atoms with Crippen LogP contribution < -0.4 is 9.80 Å². The molecule has 0 aromatic heterocycles. The van der Waals surface area contributed by atoms with Crippen molar-refractivity contribution in [2.75, 3.05) is 35.2 Å². The number of nitrogens with zero attached hydrogens (tertiary/aromatic N) is 2. The van der Waals surface area contributed by atoms with Gasteiger partial charge in [-0.2, -0.15) is 0 Å². The van der Waals surface area contributed by atoms with E-state index in [0.717, 1.165) is 86.7 Å². The first-order chi connectivity index (χ1) is 19.0. The minimum atomic E-state index is -4.02. The number of benzene rings is 2. The highest BCUT2D eigenvalue weighted by molar-refractivity contribution is 7.52. The summed E-state index contributed by atoms with van der Waals surface area (Å²) in [6.45, 7) is 1.25. The molecule has 0 fully saturated rings. The van der Waals surface area contributed by atoms with Gasteiger partial charge in [-0.15, -0.1) is 0 Å². The van der Waals surface area contributed by atoms with Gasteiger partial charge in [-0.1, -0.05) is 62.8 Å². The molecule has 0 atom stereocenters. The van der Waals surface area contributed by atoms with Crippen LogP contribution in [-0.4, -0.2) is 57.8 Å². The molecule has 0 saturated heterocycles. The molecule has 2 aromatic carbocycles. The average molecular weight is 597 g/mol. The van der Waals surface area contributed by atoms with Gasteiger partial charge in [-0.3, -0.25) is 18.7 Å². The van der Waals surface area contributed by atoms with Gasteiger partial charge in [0.25, 0.3) is 0 Å². The topological polar surface area (TPSA) is 156 Å². The van der Waals surface area contributed by atoms with E-state index in [1.54, 1.807) is 58.3 Å². The lowest BCUT2D eigenvalue weighted by molar-refractivity contribution is -0.108. The number of aryl methyl sites for hydroxylation is 2. The molecule has 0 aliphatic rings.